The summed E-state index contributed by atoms with van der Waals surface area (Å²) in [6.07, 6.45) is 14.9. The number of benzene rings is 3. The number of pyridine rings is 4. The first-order valence-corrected chi connectivity index (χ1v) is 35.4. The number of carbonyl (C=O) groups is 6. The number of carbonyl (C=O) groups excluding carboxylic acids is 6. The van der Waals surface area contributed by atoms with Gasteiger partial charge in [-0.2, -0.15) is 0 Å². The number of aromatic nitrogens is 4. The summed E-state index contributed by atoms with van der Waals surface area (Å²) in [4.78, 5) is 134. The number of hydrogen-bond donors (Lipinski definition) is 0. The molecular formula is C79H80N10O16. The minimum absolute atomic E-state index is 0.000133. The molecule has 3 saturated heterocycles. The van der Waals surface area contributed by atoms with Gasteiger partial charge in [0, 0.05) is 119 Å². The van der Waals surface area contributed by atoms with Crippen molar-refractivity contribution in [1.82, 2.24) is 33.4 Å². The van der Waals surface area contributed by atoms with E-state index in [4.69, 9.17) is 31.9 Å². The molecule has 3 amide bonds. The number of furan rings is 4. The molecule has 11 aromatic rings. The van der Waals surface area contributed by atoms with Gasteiger partial charge in [0.2, 0.25) is 0 Å². The Morgan fingerprint density at radius 3 is 1.13 bits per heavy atom. The molecule has 1 saturated carbocycles. The molecule has 3 aromatic carbocycles. The summed E-state index contributed by atoms with van der Waals surface area (Å²) in [5, 5.41) is 2.41. The van der Waals surface area contributed by atoms with Gasteiger partial charge in [-0.25, -0.2) is 14.4 Å². The molecule has 0 radical (unpaired) electrons. The third-order valence-electron chi connectivity index (χ3n) is 19.4. The van der Waals surface area contributed by atoms with Gasteiger partial charge in [0.15, 0.2) is 17.3 Å². The van der Waals surface area contributed by atoms with Crippen molar-refractivity contribution in [2.75, 3.05) is 113 Å². The largest absolute Gasteiger partial charge is 0.472 e. The first-order valence-electron chi connectivity index (χ1n) is 35.4. The van der Waals surface area contributed by atoms with E-state index in [1.165, 1.54) is 18.8 Å². The number of fused-ring (bicyclic) bond motifs is 3. The van der Waals surface area contributed by atoms with Gasteiger partial charge in [0.1, 0.15) is 16.7 Å². The molecule has 0 spiro atoms. The van der Waals surface area contributed by atoms with Gasteiger partial charge in [-0.05, 0) is 112 Å². The van der Waals surface area contributed by atoms with Gasteiger partial charge in [0.05, 0.1) is 97.8 Å². The van der Waals surface area contributed by atoms with Crippen LogP contribution in [0.15, 0.2) is 203 Å². The number of rotatable bonds is 17. The van der Waals surface area contributed by atoms with Crippen LogP contribution in [-0.2, 0) is 27.3 Å². The number of ether oxygens (including phenoxy) is 3. The van der Waals surface area contributed by atoms with Crippen molar-refractivity contribution in [2.24, 2.45) is 0 Å². The lowest BCUT2D eigenvalue weighted by Gasteiger charge is -2.37. The molecule has 26 heteroatoms. The predicted molar refractivity (Wildman–Crippen MR) is 392 cm³/mol. The molecule has 4 aliphatic rings. The normalized spacial score (nSPS) is 14.8. The van der Waals surface area contributed by atoms with Crippen LogP contribution in [0, 0.1) is 0 Å². The highest BCUT2D eigenvalue weighted by atomic mass is 16.5. The Bertz CT molecular complexity index is 5100. The lowest BCUT2D eigenvalue weighted by molar-refractivity contribution is 0.0514. The average molecular weight is 1430 g/mol. The van der Waals surface area contributed by atoms with Gasteiger partial charge >= 0.3 is 17.9 Å². The van der Waals surface area contributed by atoms with E-state index in [0.29, 0.717) is 119 Å². The lowest BCUT2D eigenvalue weighted by atomic mass is 10.0. The van der Waals surface area contributed by atoms with E-state index in [2.05, 4.69) is 4.98 Å². The van der Waals surface area contributed by atoms with Gasteiger partial charge < -0.3 is 75.0 Å². The first-order chi connectivity index (χ1) is 51.3. The zero-order valence-electron chi connectivity index (χ0n) is 58.6. The molecule has 0 atom stereocenters. The molecule has 4 fully saturated rings. The van der Waals surface area contributed by atoms with Crippen molar-refractivity contribution in [3.63, 3.8) is 0 Å². The van der Waals surface area contributed by atoms with Gasteiger partial charge in [-0.15, -0.1) is 0 Å². The Hall–Kier alpha value is -12.2. The number of hydrogen-bond acceptors (Lipinski definition) is 20. The molecule has 15 rings (SSSR count). The molecule has 3 aliphatic heterocycles. The molecule has 11 heterocycles. The Labute approximate surface area is 602 Å². The predicted octanol–water partition coefficient (Wildman–Crippen LogP) is 10.4. The maximum atomic E-state index is 13.8. The third kappa shape index (κ3) is 14.9. The highest BCUT2D eigenvalue weighted by Gasteiger charge is 2.36. The summed E-state index contributed by atoms with van der Waals surface area (Å²) >= 11 is 0. The number of amides is 3. The third-order valence-corrected chi connectivity index (χ3v) is 19.4. The summed E-state index contributed by atoms with van der Waals surface area (Å²) in [7, 11) is 0. The lowest BCUT2D eigenvalue weighted by Crippen LogP contribution is -2.49. The second kappa shape index (κ2) is 32.4. The van der Waals surface area contributed by atoms with E-state index in [9.17, 15) is 43.2 Å². The van der Waals surface area contributed by atoms with Crippen LogP contribution < -0.4 is 31.4 Å². The van der Waals surface area contributed by atoms with Crippen LogP contribution in [0.25, 0.3) is 32.7 Å². The van der Waals surface area contributed by atoms with Crippen molar-refractivity contribution in [2.45, 2.75) is 65.6 Å². The van der Waals surface area contributed by atoms with Crippen LogP contribution >= 0.6 is 0 Å². The fourth-order valence-corrected chi connectivity index (χ4v) is 14.4. The van der Waals surface area contributed by atoms with E-state index in [-0.39, 0.29) is 78.1 Å². The number of para-hydroxylation sites is 3. The fraction of sp³-hybridized carbons (Fsp3) is 0.316. The maximum absolute atomic E-state index is 13.8. The minimum atomic E-state index is -0.659. The van der Waals surface area contributed by atoms with Crippen LogP contribution in [0.3, 0.4) is 0 Å². The fourth-order valence-electron chi connectivity index (χ4n) is 14.4. The van der Waals surface area contributed by atoms with Gasteiger partial charge in [0.25, 0.3) is 34.4 Å². The number of anilines is 3. The zero-order chi connectivity index (χ0) is 73.1. The number of nitrogens with zero attached hydrogens (tertiary/aromatic N) is 10. The molecule has 26 nitrogen and oxygen atoms in total. The Morgan fingerprint density at radius 2 is 0.771 bits per heavy atom. The molecule has 542 valence electrons. The highest BCUT2D eigenvalue weighted by molar-refractivity contribution is 6.08. The van der Waals surface area contributed by atoms with Crippen LogP contribution in [0.4, 0.5) is 17.1 Å². The minimum Gasteiger partial charge on any atom is -0.472 e. The van der Waals surface area contributed by atoms with Crippen molar-refractivity contribution >= 4 is 85.4 Å². The van der Waals surface area contributed by atoms with E-state index in [1.54, 1.807) is 112 Å². The van der Waals surface area contributed by atoms with Gasteiger partial charge in [-0.3, -0.25) is 33.8 Å². The highest BCUT2D eigenvalue weighted by Crippen LogP contribution is 2.38. The summed E-state index contributed by atoms with van der Waals surface area (Å²) in [6, 6.07) is 38.4. The maximum Gasteiger partial charge on any atom is 0.345 e. The summed E-state index contributed by atoms with van der Waals surface area (Å²) < 4.78 is 42.0. The second-order valence-electron chi connectivity index (χ2n) is 25.5. The molecule has 0 N–H and O–H groups in total. The summed E-state index contributed by atoms with van der Waals surface area (Å²) in [5.41, 5.74) is 4.65. The van der Waals surface area contributed by atoms with Crippen molar-refractivity contribution in [1.29, 1.82) is 0 Å². The van der Waals surface area contributed by atoms with E-state index in [1.807, 2.05) is 104 Å². The van der Waals surface area contributed by atoms with Crippen LogP contribution in [0.5, 0.6) is 0 Å². The van der Waals surface area contributed by atoms with E-state index >= 15 is 0 Å². The van der Waals surface area contributed by atoms with Crippen LogP contribution in [-0.4, -0.2) is 167 Å². The summed E-state index contributed by atoms with van der Waals surface area (Å²) in [5.74, 6) is -1.52. The molecule has 0 bridgehead atoms. The van der Waals surface area contributed by atoms with Crippen molar-refractivity contribution < 1.29 is 60.6 Å². The first kappa shape index (κ1) is 71.2. The quantitative estimate of drug-likeness (QED) is 0.0605. The SMILES string of the molecule is CCOC(=O)c1c(N2CCN(C(=O)c3ccco3)CC2)c2ccccc2n(C2CCCC2)c1=O.CCOC(=O)c1c(N2CCN(C(=O)c3ccco3)CC2)c2ccccc2n(Cc2ccncc2)c1=O.CCOC(=O)c1c(N2CCN(C(=O)c3ccco3)CC2)c2ccccc2n(Cc2ccoc2)c1=O. The van der Waals surface area contributed by atoms with Gasteiger partial charge in [-0.1, -0.05) is 67.4 Å². The summed E-state index contributed by atoms with van der Waals surface area (Å²) in [6.45, 7) is 11.6. The Kier molecular flexibility index (Phi) is 22.0. The molecule has 105 heavy (non-hydrogen) atoms. The van der Waals surface area contributed by atoms with E-state index < -0.39 is 29.0 Å². The molecular weight excluding hydrogens is 1340 g/mol. The molecule has 1 aliphatic carbocycles. The number of esters is 3. The van der Waals surface area contributed by atoms with Crippen molar-refractivity contribution in [3.05, 3.63) is 247 Å². The van der Waals surface area contributed by atoms with Crippen molar-refractivity contribution in [3.8, 4) is 0 Å². The average Bonchev–Trinajstić information content (AvgIpc) is 1.08. The number of piperazine rings is 3. The van der Waals surface area contributed by atoms with Crippen LogP contribution in [0.1, 0.15) is 126 Å². The zero-order valence-corrected chi connectivity index (χ0v) is 58.6. The van der Waals surface area contributed by atoms with Crippen LogP contribution in [0.2, 0.25) is 0 Å². The van der Waals surface area contributed by atoms with E-state index in [0.717, 1.165) is 64.0 Å². The molecule has 0 unspecified atom stereocenters. The standard InChI is InChI=1S/C27H26N4O5.C26H25N3O6.C26H29N3O5/c1-2-35-27(34)23-24(29-13-15-30(16-14-29)25(32)22-8-5-17-36-22)20-6-3-4-7-21(20)31(26(23)33)18-19-9-11-28-12-10-19;1-2-34-26(32)22-23(27-10-12-28(13-11-27)24(30)21-8-5-14-35-21)19-6-3-4-7-20(19)29(25(22)31)16-18-9-15-33-17-18;1-2-33-26(32)22-23(27-13-15-28(16-14-27)24(30)21-12-7-17-34-21)19-10-5-6-11-20(19)29(25(22)31)18-8-3-4-9-18/h3-12,17H,2,13-16,18H2,1H3;3-9,14-15,17H,2,10-13,16H2,1H3;5-7,10-12,17-18H,2-4,8-9,13-16H2,1H3. The monoisotopic (exact) mass is 1420 g/mol. The second-order valence-corrected chi connectivity index (χ2v) is 25.5. The topological polar surface area (TPSA) is 281 Å². The molecule has 8 aromatic heterocycles. The Balaban J connectivity index is 0.000000140. The Morgan fingerprint density at radius 1 is 0.410 bits per heavy atom. The smallest absolute Gasteiger partial charge is 0.345 e.